The second kappa shape index (κ2) is 8.55. The molecule has 8 heteroatoms. The van der Waals surface area contributed by atoms with Crippen LogP contribution in [0, 0.1) is 10.1 Å². The molecular weight excluding hydrogens is 436 g/mol. The van der Waals surface area contributed by atoms with Crippen molar-refractivity contribution in [2.24, 2.45) is 0 Å². The van der Waals surface area contributed by atoms with Crippen LogP contribution in [-0.2, 0) is 4.79 Å². The number of benzene rings is 3. The van der Waals surface area contributed by atoms with Crippen LogP contribution in [0.15, 0.2) is 83.8 Å². The number of non-ortho nitro benzene ring substituents is 1. The number of anilines is 1. The molecule has 164 valence electrons. The minimum absolute atomic E-state index is 0.00106. The van der Waals surface area contributed by atoms with Gasteiger partial charge in [0, 0.05) is 40.5 Å². The summed E-state index contributed by atoms with van der Waals surface area (Å²) in [6.07, 6.45) is 2.35. The number of thioether (sulfide) groups is 1. The molecule has 5 rings (SSSR count). The van der Waals surface area contributed by atoms with E-state index in [0.29, 0.717) is 17.9 Å². The van der Waals surface area contributed by atoms with E-state index >= 15 is 0 Å². The molecule has 0 radical (unpaired) electrons. The first-order valence-corrected chi connectivity index (χ1v) is 11.6. The Balaban J connectivity index is 1.71. The van der Waals surface area contributed by atoms with Gasteiger partial charge in [0.1, 0.15) is 5.82 Å². The average molecular weight is 457 g/mol. The van der Waals surface area contributed by atoms with Gasteiger partial charge in [-0.25, -0.2) is 4.68 Å². The fraction of sp³-hybridized carbons (Fsp3) is 0.120. The van der Waals surface area contributed by atoms with E-state index in [1.807, 2.05) is 36.6 Å². The lowest BCUT2D eigenvalue weighted by Gasteiger charge is -2.25. The second-order valence-corrected chi connectivity index (χ2v) is 8.62. The molecule has 1 aliphatic heterocycles. The number of rotatable bonds is 5. The minimum Gasteiger partial charge on any atom is -0.310 e. The Kier molecular flexibility index (Phi) is 5.43. The number of carbonyl (C=O) groups is 1. The molecule has 1 N–H and O–H groups in total. The maximum atomic E-state index is 12.8. The number of nitrogens with zero attached hydrogens (tertiary/aromatic N) is 3. The molecule has 1 aliphatic rings. The average Bonchev–Trinajstić information content (AvgIpc) is 3.23. The third-order valence-electron chi connectivity index (χ3n) is 5.79. The molecule has 1 unspecified atom stereocenters. The number of fused-ring (bicyclic) bond motifs is 1. The molecular formula is C25H20N4O3S. The van der Waals surface area contributed by atoms with E-state index in [0.717, 1.165) is 27.3 Å². The van der Waals surface area contributed by atoms with Crippen LogP contribution in [0.4, 0.5) is 11.5 Å². The fourth-order valence-electron chi connectivity index (χ4n) is 4.18. The van der Waals surface area contributed by atoms with Crippen molar-refractivity contribution >= 4 is 29.2 Å². The molecule has 0 spiro atoms. The molecule has 0 aliphatic carbocycles. The number of nitrogens with one attached hydrogen (secondary N) is 1. The van der Waals surface area contributed by atoms with E-state index in [-0.39, 0.29) is 17.5 Å². The number of carbonyl (C=O) groups excluding carboxylic acids is 1. The van der Waals surface area contributed by atoms with Crippen LogP contribution in [-0.4, -0.2) is 26.9 Å². The lowest BCUT2D eigenvalue weighted by atomic mass is 9.84. The van der Waals surface area contributed by atoms with E-state index in [4.69, 9.17) is 5.10 Å². The number of amides is 1. The van der Waals surface area contributed by atoms with Gasteiger partial charge >= 0.3 is 0 Å². The minimum atomic E-state index is -0.437. The Labute approximate surface area is 194 Å². The number of nitro benzene ring substituents is 1. The van der Waals surface area contributed by atoms with Gasteiger partial charge in [-0.1, -0.05) is 42.5 Å². The van der Waals surface area contributed by atoms with Gasteiger partial charge in [0.2, 0.25) is 5.91 Å². The smallest absolute Gasteiger partial charge is 0.269 e. The van der Waals surface area contributed by atoms with Crippen LogP contribution in [0.3, 0.4) is 0 Å². The Morgan fingerprint density at radius 2 is 1.73 bits per heavy atom. The van der Waals surface area contributed by atoms with Gasteiger partial charge < -0.3 is 5.32 Å². The highest BCUT2D eigenvalue weighted by molar-refractivity contribution is 7.98. The highest BCUT2D eigenvalue weighted by Gasteiger charge is 2.34. The summed E-state index contributed by atoms with van der Waals surface area (Å²) in [6, 6.07) is 24.3. The molecule has 33 heavy (non-hydrogen) atoms. The van der Waals surface area contributed by atoms with Crippen molar-refractivity contribution in [2.45, 2.75) is 17.2 Å². The molecule has 1 atom stereocenters. The van der Waals surface area contributed by atoms with Crippen molar-refractivity contribution in [3.63, 3.8) is 0 Å². The molecule has 2 heterocycles. The largest absolute Gasteiger partial charge is 0.310 e. The first kappa shape index (κ1) is 21.0. The summed E-state index contributed by atoms with van der Waals surface area (Å²) < 4.78 is 1.67. The van der Waals surface area contributed by atoms with Gasteiger partial charge in [0.15, 0.2) is 0 Å². The van der Waals surface area contributed by atoms with Gasteiger partial charge in [0.05, 0.1) is 16.3 Å². The summed E-state index contributed by atoms with van der Waals surface area (Å²) in [6.45, 7) is 0. The maximum absolute atomic E-state index is 12.8. The molecule has 1 aromatic heterocycles. The van der Waals surface area contributed by atoms with Gasteiger partial charge in [-0.15, -0.1) is 11.8 Å². The van der Waals surface area contributed by atoms with Crippen molar-refractivity contribution in [2.75, 3.05) is 11.6 Å². The summed E-state index contributed by atoms with van der Waals surface area (Å²) in [4.78, 5) is 24.6. The first-order chi connectivity index (χ1) is 16.0. The highest BCUT2D eigenvalue weighted by Crippen LogP contribution is 2.44. The van der Waals surface area contributed by atoms with Crippen molar-refractivity contribution in [1.29, 1.82) is 0 Å². The quantitative estimate of drug-likeness (QED) is 0.238. The molecule has 0 fully saturated rings. The molecule has 4 aromatic rings. The molecule has 3 aromatic carbocycles. The highest BCUT2D eigenvalue weighted by atomic mass is 32.2. The SMILES string of the molecule is CSc1ccc(C2CC(=O)Nc3c2c(-c2ccccc2)nn3-c2ccc([N+](=O)[O-])cc2)cc1. The standard InChI is InChI=1S/C25H20N4O3S/c1-33-20-13-7-16(8-14-20)21-15-22(30)26-25-23(21)24(17-5-3-2-4-6-17)27-28(25)18-9-11-19(12-10-18)29(31)32/h2-14,21H,15H2,1H3,(H,26,30). The zero-order valence-corrected chi connectivity index (χ0v) is 18.6. The van der Waals surface area contributed by atoms with E-state index < -0.39 is 4.92 Å². The summed E-state index contributed by atoms with van der Waals surface area (Å²) in [7, 11) is 0. The van der Waals surface area contributed by atoms with E-state index in [1.165, 1.54) is 12.1 Å². The van der Waals surface area contributed by atoms with E-state index in [2.05, 4.69) is 29.6 Å². The van der Waals surface area contributed by atoms with Crippen molar-refractivity contribution < 1.29 is 9.72 Å². The third-order valence-corrected chi connectivity index (χ3v) is 6.53. The number of hydrogen-bond acceptors (Lipinski definition) is 5. The van der Waals surface area contributed by atoms with Gasteiger partial charge in [-0.2, -0.15) is 5.10 Å². The van der Waals surface area contributed by atoms with Crippen LogP contribution in [0.5, 0.6) is 0 Å². The Bertz CT molecular complexity index is 1330. The lowest BCUT2D eigenvalue weighted by molar-refractivity contribution is -0.384. The Morgan fingerprint density at radius 3 is 2.36 bits per heavy atom. The summed E-state index contributed by atoms with van der Waals surface area (Å²) in [5, 5.41) is 19.0. The third kappa shape index (κ3) is 3.89. The summed E-state index contributed by atoms with van der Waals surface area (Å²) in [5.74, 6) is 0.341. The number of hydrogen-bond donors (Lipinski definition) is 1. The van der Waals surface area contributed by atoms with Gasteiger partial charge in [-0.3, -0.25) is 14.9 Å². The molecule has 0 saturated heterocycles. The van der Waals surface area contributed by atoms with Crippen molar-refractivity contribution in [3.8, 4) is 16.9 Å². The maximum Gasteiger partial charge on any atom is 0.269 e. The normalized spacial score (nSPS) is 15.1. The van der Waals surface area contributed by atoms with E-state index in [1.54, 1.807) is 28.6 Å². The zero-order chi connectivity index (χ0) is 22.9. The second-order valence-electron chi connectivity index (χ2n) is 7.74. The predicted octanol–water partition coefficient (Wildman–Crippen LogP) is 5.64. The molecule has 7 nitrogen and oxygen atoms in total. The number of aromatic nitrogens is 2. The monoisotopic (exact) mass is 456 g/mol. The zero-order valence-electron chi connectivity index (χ0n) is 17.8. The lowest BCUT2D eigenvalue weighted by Crippen LogP contribution is -2.24. The number of nitro groups is 1. The molecule has 0 saturated carbocycles. The Hall–Kier alpha value is -3.91. The van der Waals surface area contributed by atoms with Crippen LogP contribution >= 0.6 is 11.8 Å². The fourth-order valence-corrected chi connectivity index (χ4v) is 4.59. The van der Waals surface area contributed by atoms with Gasteiger partial charge in [-0.05, 0) is 36.1 Å². The van der Waals surface area contributed by atoms with Gasteiger partial charge in [0.25, 0.3) is 5.69 Å². The molecule has 1 amide bonds. The predicted molar refractivity (Wildman–Crippen MR) is 129 cm³/mol. The van der Waals surface area contributed by atoms with Crippen LogP contribution in [0.25, 0.3) is 16.9 Å². The van der Waals surface area contributed by atoms with Crippen molar-refractivity contribution in [1.82, 2.24) is 9.78 Å². The molecule has 0 bridgehead atoms. The topological polar surface area (TPSA) is 90.1 Å². The van der Waals surface area contributed by atoms with Crippen LogP contribution in [0.1, 0.15) is 23.5 Å². The van der Waals surface area contributed by atoms with Crippen LogP contribution < -0.4 is 5.32 Å². The van der Waals surface area contributed by atoms with E-state index in [9.17, 15) is 14.9 Å². The van der Waals surface area contributed by atoms with Crippen molar-refractivity contribution in [3.05, 3.63) is 100 Å². The van der Waals surface area contributed by atoms with Crippen LogP contribution in [0.2, 0.25) is 0 Å². The Morgan fingerprint density at radius 1 is 1.03 bits per heavy atom. The first-order valence-electron chi connectivity index (χ1n) is 10.4. The summed E-state index contributed by atoms with van der Waals surface area (Å²) >= 11 is 1.67. The summed E-state index contributed by atoms with van der Waals surface area (Å²) in [5.41, 5.74) is 4.34.